The molecule has 1 aliphatic heterocycles. The normalized spacial score (nSPS) is 15.2. The van der Waals surface area contributed by atoms with E-state index in [0.29, 0.717) is 34.1 Å². The van der Waals surface area contributed by atoms with Crippen LogP contribution in [0, 0.1) is 5.92 Å². The van der Waals surface area contributed by atoms with Crippen LogP contribution in [0.3, 0.4) is 0 Å². The van der Waals surface area contributed by atoms with Gasteiger partial charge in [0, 0.05) is 40.3 Å². The van der Waals surface area contributed by atoms with E-state index in [1.54, 1.807) is 46.6 Å². The highest BCUT2D eigenvalue weighted by atomic mass is 79.9. The van der Waals surface area contributed by atoms with Crippen LogP contribution in [0.25, 0.3) is 11.3 Å². The van der Waals surface area contributed by atoms with Crippen molar-refractivity contribution in [2.75, 3.05) is 13.6 Å². The fourth-order valence-electron chi connectivity index (χ4n) is 5.37. The monoisotopic (exact) mass is 627 g/mol. The summed E-state index contributed by atoms with van der Waals surface area (Å²) in [6.45, 7) is 0.189. The minimum atomic E-state index is -4.62. The zero-order chi connectivity index (χ0) is 29.1. The van der Waals surface area contributed by atoms with E-state index in [9.17, 15) is 27.6 Å². The number of hydrogen-bond donors (Lipinski definition) is 1. The summed E-state index contributed by atoms with van der Waals surface area (Å²) in [4.78, 5) is 40.9. The molecule has 8 nitrogen and oxygen atoms in total. The quantitative estimate of drug-likeness (QED) is 0.345. The van der Waals surface area contributed by atoms with Gasteiger partial charge in [-0.2, -0.15) is 18.3 Å². The molecule has 212 valence electrons. The molecule has 2 aromatic heterocycles. The minimum Gasteiger partial charge on any atom is -0.355 e. The van der Waals surface area contributed by atoms with E-state index < -0.39 is 17.6 Å². The number of fused-ring (bicyclic) bond motifs is 3. The zero-order valence-corrected chi connectivity index (χ0v) is 23.6. The van der Waals surface area contributed by atoms with Crippen molar-refractivity contribution >= 4 is 33.4 Å². The van der Waals surface area contributed by atoms with Crippen molar-refractivity contribution < 1.29 is 22.8 Å². The van der Waals surface area contributed by atoms with Crippen molar-refractivity contribution in [2.45, 2.75) is 38.4 Å². The predicted molar refractivity (Wildman–Crippen MR) is 148 cm³/mol. The standard InChI is InChI=1S/C29H25BrF3N5O3/c1-34-25(39)17-4-7-20(8-5-17)37-26-19(12-16-2-3-16)14-35-38(26)24-15-36(11-10-21(24)28(37)41)27(40)18-6-9-23(30)22(13-18)29(31,32)33/h4-9,13-14,16H,2-3,10-12,15H2,1H3,(H,34,39). The molecule has 1 N–H and O–H groups in total. The number of carbonyl (C=O) groups is 2. The Hall–Kier alpha value is -3.93. The van der Waals surface area contributed by atoms with Crippen molar-refractivity contribution in [3.63, 3.8) is 0 Å². The minimum absolute atomic E-state index is 0.0261. The van der Waals surface area contributed by atoms with Crippen LogP contribution < -0.4 is 10.9 Å². The number of aromatic nitrogens is 3. The van der Waals surface area contributed by atoms with Gasteiger partial charge in [0.1, 0.15) is 5.65 Å². The van der Waals surface area contributed by atoms with E-state index in [2.05, 4.69) is 26.3 Å². The maximum Gasteiger partial charge on any atom is 0.417 e. The van der Waals surface area contributed by atoms with Crippen LogP contribution in [-0.2, 0) is 25.6 Å². The Morgan fingerprint density at radius 1 is 1.10 bits per heavy atom. The van der Waals surface area contributed by atoms with Gasteiger partial charge in [-0.15, -0.1) is 0 Å². The molecule has 0 bridgehead atoms. The molecule has 6 rings (SSSR count). The van der Waals surface area contributed by atoms with Gasteiger partial charge in [0.2, 0.25) is 0 Å². The van der Waals surface area contributed by atoms with Crippen LogP contribution in [0.4, 0.5) is 13.2 Å². The van der Waals surface area contributed by atoms with Gasteiger partial charge < -0.3 is 10.2 Å². The second kappa shape index (κ2) is 10.2. The predicted octanol–water partition coefficient (Wildman–Crippen LogP) is 4.78. The van der Waals surface area contributed by atoms with Crippen molar-refractivity contribution in [1.82, 2.24) is 24.4 Å². The van der Waals surface area contributed by atoms with Crippen LogP contribution in [-0.4, -0.2) is 44.5 Å². The number of nitrogens with zero attached hydrogens (tertiary/aromatic N) is 4. The highest BCUT2D eigenvalue weighted by Crippen LogP contribution is 2.36. The molecule has 0 radical (unpaired) electrons. The van der Waals surface area contributed by atoms with Crippen LogP contribution in [0.5, 0.6) is 0 Å². The lowest BCUT2D eigenvalue weighted by molar-refractivity contribution is -0.138. The third-order valence-electron chi connectivity index (χ3n) is 7.69. The molecule has 41 heavy (non-hydrogen) atoms. The summed E-state index contributed by atoms with van der Waals surface area (Å²) < 4.78 is 43.6. The van der Waals surface area contributed by atoms with E-state index in [0.717, 1.165) is 30.9 Å². The third-order valence-corrected chi connectivity index (χ3v) is 8.38. The van der Waals surface area contributed by atoms with Crippen molar-refractivity contribution in [3.8, 4) is 5.69 Å². The van der Waals surface area contributed by atoms with Crippen LogP contribution in [0.15, 0.2) is 57.9 Å². The SMILES string of the molecule is CNC(=O)c1ccc(-n2c(=O)c3c(n4ncc(CC5CC5)c24)CN(C(=O)c2ccc(Br)c(C(F)(F)F)c2)CC3)cc1. The number of nitrogens with one attached hydrogen (secondary N) is 1. The molecule has 2 amide bonds. The summed E-state index contributed by atoms with van der Waals surface area (Å²) in [5, 5.41) is 7.21. The summed E-state index contributed by atoms with van der Waals surface area (Å²) in [7, 11) is 1.55. The zero-order valence-electron chi connectivity index (χ0n) is 22.0. The maximum atomic E-state index is 14.0. The van der Waals surface area contributed by atoms with E-state index in [1.165, 1.54) is 17.0 Å². The number of carbonyl (C=O) groups excluding carboxylic acids is 2. The summed E-state index contributed by atoms with van der Waals surface area (Å²) >= 11 is 2.92. The number of alkyl halides is 3. The third kappa shape index (κ3) is 4.94. The number of hydrogen-bond acceptors (Lipinski definition) is 4. The Balaban J connectivity index is 1.43. The first-order chi connectivity index (χ1) is 19.6. The molecule has 0 spiro atoms. The van der Waals surface area contributed by atoms with Crippen molar-refractivity contribution in [1.29, 1.82) is 0 Å². The van der Waals surface area contributed by atoms with E-state index >= 15 is 0 Å². The summed E-state index contributed by atoms with van der Waals surface area (Å²) in [6, 6.07) is 10.2. The Morgan fingerprint density at radius 2 is 1.80 bits per heavy atom. The molecule has 0 saturated heterocycles. The molecule has 1 aliphatic carbocycles. The molecule has 2 aromatic carbocycles. The van der Waals surface area contributed by atoms with Crippen molar-refractivity contribution in [3.05, 3.63) is 97.0 Å². The average Bonchev–Trinajstić information content (AvgIpc) is 3.69. The number of benzene rings is 2. The molecule has 12 heteroatoms. The van der Waals surface area contributed by atoms with E-state index in [-0.39, 0.29) is 41.0 Å². The summed E-state index contributed by atoms with van der Waals surface area (Å²) in [5.41, 5.74) is 2.31. The lowest BCUT2D eigenvalue weighted by Gasteiger charge is -2.30. The number of halogens is 4. The van der Waals surface area contributed by atoms with Gasteiger partial charge in [-0.1, -0.05) is 15.9 Å². The first kappa shape index (κ1) is 27.3. The second-order valence-electron chi connectivity index (χ2n) is 10.4. The molecule has 1 saturated carbocycles. The van der Waals surface area contributed by atoms with Crippen molar-refractivity contribution in [2.24, 2.45) is 5.92 Å². The summed E-state index contributed by atoms with van der Waals surface area (Å²) in [6.07, 6.45) is 0.290. The molecule has 0 atom stereocenters. The van der Waals surface area contributed by atoms with Gasteiger partial charge in [-0.05, 0) is 74.1 Å². The molecule has 4 aromatic rings. The Labute approximate surface area is 240 Å². The first-order valence-corrected chi connectivity index (χ1v) is 14.0. The topological polar surface area (TPSA) is 88.7 Å². The first-order valence-electron chi connectivity index (χ1n) is 13.2. The fourth-order valence-corrected chi connectivity index (χ4v) is 5.84. The molecular weight excluding hydrogens is 603 g/mol. The van der Waals surface area contributed by atoms with Gasteiger partial charge in [0.15, 0.2) is 0 Å². The molecule has 2 aliphatic rings. The fraction of sp³-hybridized carbons (Fsp3) is 0.310. The Kier molecular flexibility index (Phi) is 6.75. The van der Waals surface area contributed by atoms with Gasteiger partial charge in [-0.3, -0.25) is 19.0 Å². The summed E-state index contributed by atoms with van der Waals surface area (Å²) in [5.74, 6) is -0.284. The second-order valence-corrected chi connectivity index (χ2v) is 11.3. The molecule has 1 fully saturated rings. The molecule has 3 heterocycles. The molecule has 0 unspecified atom stereocenters. The smallest absolute Gasteiger partial charge is 0.355 e. The van der Waals surface area contributed by atoms with Gasteiger partial charge in [-0.25, -0.2) is 4.52 Å². The lowest BCUT2D eigenvalue weighted by Crippen LogP contribution is -2.41. The van der Waals surface area contributed by atoms with Gasteiger partial charge >= 0.3 is 6.18 Å². The van der Waals surface area contributed by atoms with Crippen LogP contribution in [0.1, 0.15) is 55.9 Å². The Morgan fingerprint density at radius 3 is 2.46 bits per heavy atom. The van der Waals surface area contributed by atoms with E-state index in [1.807, 2.05) is 0 Å². The molecular formula is C29H25BrF3N5O3. The van der Waals surface area contributed by atoms with Gasteiger partial charge in [0.25, 0.3) is 17.4 Å². The van der Waals surface area contributed by atoms with Crippen LogP contribution in [0.2, 0.25) is 0 Å². The lowest BCUT2D eigenvalue weighted by atomic mass is 10.0. The highest BCUT2D eigenvalue weighted by Gasteiger charge is 2.35. The van der Waals surface area contributed by atoms with Gasteiger partial charge in [0.05, 0.1) is 29.7 Å². The number of amides is 2. The highest BCUT2D eigenvalue weighted by molar-refractivity contribution is 9.10. The van der Waals surface area contributed by atoms with E-state index in [4.69, 9.17) is 0 Å². The average molecular weight is 628 g/mol. The number of rotatable bonds is 5. The van der Waals surface area contributed by atoms with Crippen LogP contribution >= 0.6 is 15.9 Å². The maximum absolute atomic E-state index is 14.0. The Bertz CT molecular complexity index is 1760. The largest absolute Gasteiger partial charge is 0.417 e.